The van der Waals surface area contributed by atoms with Gasteiger partial charge in [-0.25, -0.2) is 9.97 Å². The van der Waals surface area contributed by atoms with Gasteiger partial charge in [0.05, 0.1) is 11.0 Å². The molecule has 1 aliphatic rings. The molecule has 1 aromatic carbocycles. The molecule has 1 aromatic heterocycles. The molecule has 1 fully saturated rings. The summed E-state index contributed by atoms with van der Waals surface area (Å²) < 4.78 is 0. The van der Waals surface area contributed by atoms with Crippen molar-refractivity contribution in [3.63, 3.8) is 0 Å². The minimum absolute atomic E-state index is 0.447. The van der Waals surface area contributed by atoms with Gasteiger partial charge in [-0.3, -0.25) is 0 Å². The van der Waals surface area contributed by atoms with Crippen molar-refractivity contribution in [3.05, 3.63) is 29.4 Å². The van der Waals surface area contributed by atoms with Gasteiger partial charge in [0, 0.05) is 25.7 Å². The standard InChI is InChI=1S/C13H15ClN4/c1-9-8-18(7-6-15-9)13-12(14)16-10-4-2-3-5-11(10)17-13/h2-5,9,15H,6-8H2,1H3/t9-/m1/s1. The van der Waals surface area contributed by atoms with Crippen molar-refractivity contribution < 1.29 is 0 Å². The maximum absolute atomic E-state index is 6.25. The number of nitrogens with zero attached hydrogens (tertiary/aromatic N) is 3. The van der Waals surface area contributed by atoms with Gasteiger partial charge in [-0.15, -0.1) is 0 Å². The summed E-state index contributed by atoms with van der Waals surface area (Å²) in [6, 6.07) is 8.25. The highest BCUT2D eigenvalue weighted by atomic mass is 35.5. The van der Waals surface area contributed by atoms with Crippen molar-refractivity contribution in [1.82, 2.24) is 15.3 Å². The van der Waals surface area contributed by atoms with Crippen molar-refractivity contribution >= 4 is 28.5 Å². The third-order valence-corrected chi connectivity index (χ3v) is 3.43. The summed E-state index contributed by atoms with van der Waals surface area (Å²) in [6.45, 7) is 4.93. The Morgan fingerprint density at radius 1 is 1.28 bits per heavy atom. The maximum Gasteiger partial charge on any atom is 0.172 e. The van der Waals surface area contributed by atoms with Crippen LogP contribution in [0.15, 0.2) is 24.3 Å². The van der Waals surface area contributed by atoms with Crippen LogP contribution in [0.5, 0.6) is 0 Å². The minimum atomic E-state index is 0.447. The molecule has 0 aliphatic carbocycles. The predicted molar refractivity (Wildman–Crippen MR) is 74.2 cm³/mol. The fourth-order valence-electron chi connectivity index (χ4n) is 2.30. The fourth-order valence-corrected chi connectivity index (χ4v) is 2.55. The van der Waals surface area contributed by atoms with Crippen LogP contribution in [0.25, 0.3) is 11.0 Å². The van der Waals surface area contributed by atoms with E-state index in [0.717, 1.165) is 36.5 Å². The molecular formula is C13H15ClN4. The Balaban J connectivity index is 2.02. The largest absolute Gasteiger partial charge is 0.351 e. The van der Waals surface area contributed by atoms with E-state index < -0.39 is 0 Å². The molecule has 1 atom stereocenters. The number of piperazine rings is 1. The van der Waals surface area contributed by atoms with E-state index in [2.05, 4.69) is 27.1 Å². The average Bonchev–Trinajstić information content (AvgIpc) is 2.38. The number of aromatic nitrogens is 2. The zero-order chi connectivity index (χ0) is 12.5. The molecule has 1 aliphatic heterocycles. The smallest absolute Gasteiger partial charge is 0.172 e. The lowest BCUT2D eigenvalue weighted by molar-refractivity contribution is 0.482. The quantitative estimate of drug-likeness (QED) is 0.854. The van der Waals surface area contributed by atoms with E-state index in [1.54, 1.807) is 0 Å². The predicted octanol–water partition coefficient (Wildman–Crippen LogP) is 2.08. The molecule has 0 amide bonds. The monoisotopic (exact) mass is 262 g/mol. The summed E-state index contributed by atoms with van der Waals surface area (Å²) >= 11 is 6.25. The lowest BCUT2D eigenvalue weighted by Crippen LogP contribution is -2.49. The Morgan fingerprint density at radius 2 is 2.00 bits per heavy atom. The van der Waals surface area contributed by atoms with Crippen LogP contribution in [-0.4, -0.2) is 35.6 Å². The zero-order valence-corrected chi connectivity index (χ0v) is 11.0. The molecule has 18 heavy (non-hydrogen) atoms. The molecule has 5 heteroatoms. The van der Waals surface area contributed by atoms with Crippen LogP contribution < -0.4 is 10.2 Å². The van der Waals surface area contributed by atoms with Crippen LogP contribution in [0.4, 0.5) is 5.82 Å². The lowest BCUT2D eigenvalue weighted by atomic mass is 10.2. The van der Waals surface area contributed by atoms with Gasteiger partial charge in [0.2, 0.25) is 0 Å². The van der Waals surface area contributed by atoms with Crippen LogP contribution in [0.3, 0.4) is 0 Å². The molecule has 1 N–H and O–H groups in total. The van der Waals surface area contributed by atoms with Crippen molar-refractivity contribution in [2.24, 2.45) is 0 Å². The molecule has 0 spiro atoms. The second kappa shape index (κ2) is 4.71. The summed E-state index contributed by atoms with van der Waals surface area (Å²) in [4.78, 5) is 11.3. The Morgan fingerprint density at radius 3 is 2.72 bits per heavy atom. The van der Waals surface area contributed by atoms with E-state index in [4.69, 9.17) is 11.6 Å². The van der Waals surface area contributed by atoms with Crippen LogP contribution in [0, 0.1) is 0 Å². The van der Waals surface area contributed by atoms with Crippen molar-refractivity contribution in [2.75, 3.05) is 24.5 Å². The van der Waals surface area contributed by atoms with E-state index >= 15 is 0 Å². The highest BCUT2D eigenvalue weighted by molar-refractivity contribution is 6.32. The first-order valence-electron chi connectivity index (χ1n) is 6.14. The Hall–Kier alpha value is -1.39. The topological polar surface area (TPSA) is 41.1 Å². The number of para-hydroxylation sites is 2. The van der Waals surface area contributed by atoms with Crippen LogP contribution in [0.2, 0.25) is 5.15 Å². The summed E-state index contributed by atoms with van der Waals surface area (Å²) in [7, 11) is 0. The number of halogens is 1. The van der Waals surface area contributed by atoms with Gasteiger partial charge in [0.1, 0.15) is 0 Å². The average molecular weight is 263 g/mol. The SMILES string of the molecule is C[C@@H]1CN(c2nc3ccccc3nc2Cl)CCN1. The minimum Gasteiger partial charge on any atom is -0.351 e. The zero-order valence-electron chi connectivity index (χ0n) is 10.2. The van der Waals surface area contributed by atoms with E-state index in [0.29, 0.717) is 11.2 Å². The van der Waals surface area contributed by atoms with E-state index in [9.17, 15) is 0 Å². The van der Waals surface area contributed by atoms with Gasteiger partial charge in [-0.1, -0.05) is 23.7 Å². The van der Waals surface area contributed by atoms with Crippen LogP contribution >= 0.6 is 11.6 Å². The molecule has 0 bridgehead atoms. The number of hydrogen-bond acceptors (Lipinski definition) is 4. The summed E-state index contributed by atoms with van der Waals surface area (Å²) in [5, 5.41) is 3.89. The lowest BCUT2D eigenvalue weighted by Gasteiger charge is -2.33. The van der Waals surface area contributed by atoms with Crippen molar-refractivity contribution in [3.8, 4) is 0 Å². The highest BCUT2D eigenvalue weighted by Gasteiger charge is 2.20. The van der Waals surface area contributed by atoms with Gasteiger partial charge >= 0.3 is 0 Å². The normalized spacial score (nSPS) is 20.3. The molecule has 2 aromatic rings. The number of fused-ring (bicyclic) bond motifs is 1. The second-order valence-electron chi connectivity index (χ2n) is 4.63. The third kappa shape index (κ3) is 2.13. The first-order valence-corrected chi connectivity index (χ1v) is 6.52. The third-order valence-electron chi connectivity index (χ3n) is 3.18. The molecule has 4 nitrogen and oxygen atoms in total. The fraction of sp³-hybridized carbons (Fsp3) is 0.385. The summed E-state index contributed by atoms with van der Waals surface area (Å²) in [5.41, 5.74) is 1.73. The van der Waals surface area contributed by atoms with Crippen molar-refractivity contribution in [2.45, 2.75) is 13.0 Å². The Bertz CT molecular complexity index is 572. The van der Waals surface area contributed by atoms with E-state index in [1.165, 1.54) is 0 Å². The molecule has 1 saturated heterocycles. The summed E-state index contributed by atoms with van der Waals surface area (Å²) in [5.74, 6) is 0.795. The Labute approximate surface area is 111 Å². The van der Waals surface area contributed by atoms with E-state index in [1.807, 2.05) is 24.3 Å². The highest BCUT2D eigenvalue weighted by Crippen LogP contribution is 2.25. The molecule has 2 heterocycles. The van der Waals surface area contributed by atoms with Gasteiger partial charge in [-0.2, -0.15) is 0 Å². The maximum atomic E-state index is 6.25. The molecule has 94 valence electrons. The number of nitrogens with one attached hydrogen (secondary N) is 1. The van der Waals surface area contributed by atoms with Gasteiger partial charge in [0.25, 0.3) is 0 Å². The number of anilines is 1. The number of rotatable bonds is 1. The molecule has 0 saturated carbocycles. The summed E-state index contributed by atoms with van der Waals surface area (Å²) in [6.07, 6.45) is 0. The van der Waals surface area contributed by atoms with Gasteiger partial charge in [0.15, 0.2) is 11.0 Å². The van der Waals surface area contributed by atoms with Crippen LogP contribution in [0.1, 0.15) is 6.92 Å². The number of hydrogen-bond donors (Lipinski definition) is 1. The molecule has 0 unspecified atom stereocenters. The van der Waals surface area contributed by atoms with Gasteiger partial charge < -0.3 is 10.2 Å². The molecular weight excluding hydrogens is 248 g/mol. The molecule has 3 rings (SSSR count). The van der Waals surface area contributed by atoms with Crippen LogP contribution in [-0.2, 0) is 0 Å². The number of benzene rings is 1. The molecule has 0 radical (unpaired) electrons. The van der Waals surface area contributed by atoms with E-state index in [-0.39, 0.29) is 0 Å². The first kappa shape index (κ1) is 11.7. The second-order valence-corrected chi connectivity index (χ2v) is 4.99. The Kier molecular flexibility index (Phi) is 3.06. The first-order chi connectivity index (χ1) is 8.74. The van der Waals surface area contributed by atoms with Gasteiger partial charge in [-0.05, 0) is 19.1 Å². The van der Waals surface area contributed by atoms with Crippen molar-refractivity contribution in [1.29, 1.82) is 0 Å².